The van der Waals surface area contributed by atoms with E-state index in [0.717, 1.165) is 12.1 Å². The third kappa shape index (κ3) is 5.51. The molecule has 0 N–H and O–H groups in total. The normalized spacial score (nSPS) is 16.9. The molecule has 0 aromatic heterocycles. The van der Waals surface area contributed by atoms with Crippen molar-refractivity contribution in [3.63, 3.8) is 0 Å². The summed E-state index contributed by atoms with van der Waals surface area (Å²) in [7, 11) is 0. The number of benzene rings is 8. The first-order valence-corrected chi connectivity index (χ1v) is 20.5. The Hall–Kier alpha value is -6.18. The second-order valence-electron chi connectivity index (χ2n) is 17.7. The van der Waals surface area contributed by atoms with Crippen LogP contribution >= 0.6 is 0 Å². The molecule has 2 aliphatic carbocycles. The zero-order chi connectivity index (χ0) is 39.1. The number of aryl methyl sites for hydroxylation is 1. The average molecular weight is 736 g/mol. The van der Waals surface area contributed by atoms with Gasteiger partial charge in [-0.25, -0.2) is 0 Å². The lowest BCUT2D eigenvalue weighted by Crippen LogP contribution is -2.38. The maximum atomic E-state index is 2.47. The average Bonchev–Trinajstić information content (AvgIpc) is 3.46. The standard InChI is InChI=1S/C56H49N/c1-37-18-25-43(35-52(37)55(4,5)56(6)32-12-7-13-33-56)57(44-28-31-49-48-16-10-11-17-51(48)54(2,3)53(49)36-44)42-26-21-38(22-27-42)41-20-19-40-24-29-46-45-15-9-8-14-39(45)23-30-47(46)50(40)34-41/h7-32,34-36H,33H2,1-6H3. The van der Waals surface area contributed by atoms with Crippen molar-refractivity contribution in [3.05, 3.63) is 198 Å². The lowest BCUT2D eigenvalue weighted by molar-refractivity contribution is 0.239. The number of hydrogen-bond donors (Lipinski definition) is 0. The Kier molecular flexibility index (Phi) is 8.00. The van der Waals surface area contributed by atoms with E-state index >= 15 is 0 Å². The minimum absolute atomic E-state index is 0.000733. The van der Waals surface area contributed by atoms with Gasteiger partial charge in [0.25, 0.3) is 0 Å². The summed E-state index contributed by atoms with van der Waals surface area (Å²) in [5, 5.41) is 7.72. The molecule has 57 heavy (non-hydrogen) atoms. The molecule has 8 aromatic carbocycles. The van der Waals surface area contributed by atoms with Crippen LogP contribution in [0.4, 0.5) is 17.1 Å². The van der Waals surface area contributed by atoms with Crippen LogP contribution in [0.5, 0.6) is 0 Å². The molecule has 8 aromatic rings. The third-order valence-electron chi connectivity index (χ3n) is 13.9. The Morgan fingerprint density at radius 3 is 1.93 bits per heavy atom. The smallest absolute Gasteiger partial charge is 0.0465 e. The van der Waals surface area contributed by atoms with Crippen molar-refractivity contribution < 1.29 is 0 Å². The van der Waals surface area contributed by atoms with E-state index in [9.17, 15) is 0 Å². The van der Waals surface area contributed by atoms with Gasteiger partial charge in [-0.05, 0) is 143 Å². The Labute approximate surface area is 337 Å². The van der Waals surface area contributed by atoms with Gasteiger partial charge in [-0.1, -0.05) is 168 Å². The summed E-state index contributed by atoms with van der Waals surface area (Å²) in [5.74, 6) is 0. The van der Waals surface area contributed by atoms with Gasteiger partial charge in [-0.15, -0.1) is 0 Å². The fourth-order valence-corrected chi connectivity index (χ4v) is 10.0. The van der Waals surface area contributed by atoms with E-state index < -0.39 is 0 Å². The number of allylic oxidation sites excluding steroid dienone is 4. The molecule has 0 radical (unpaired) electrons. The lowest BCUT2D eigenvalue weighted by atomic mass is 9.60. The van der Waals surface area contributed by atoms with Gasteiger partial charge in [0.15, 0.2) is 0 Å². The van der Waals surface area contributed by atoms with Crippen LogP contribution in [-0.4, -0.2) is 0 Å². The summed E-state index contributed by atoms with van der Waals surface area (Å²) < 4.78 is 0. The topological polar surface area (TPSA) is 3.24 Å². The third-order valence-corrected chi connectivity index (χ3v) is 13.9. The minimum Gasteiger partial charge on any atom is -0.310 e. The predicted molar refractivity (Wildman–Crippen MR) is 245 cm³/mol. The van der Waals surface area contributed by atoms with Gasteiger partial charge < -0.3 is 4.90 Å². The molecule has 0 amide bonds. The van der Waals surface area contributed by atoms with Crippen molar-refractivity contribution in [3.8, 4) is 22.3 Å². The molecule has 1 unspecified atom stereocenters. The van der Waals surface area contributed by atoms with E-state index in [4.69, 9.17) is 0 Å². The van der Waals surface area contributed by atoms with Crippen LogP contribution in [0.3, 0.4) is 0 Å². The maximum absolute atomic E-state index is 2.47. The molecular formula is C56H49N. The molecule has 0 spiro atoms. The summed E-state index contributed by atoms with van der Waals surface area (Å²) >= 11 is 0. The molecule has 0 bridgehead atoms. The fourth-order valence-electron chi connectivity index (χ4n) is 10.0. The highest BCUT2D eigenvalue weighted by Crippen LogP contribution is 2.52. The monoisotopic (exact) mass is 735 g/mol. The van der Waals surface area contributed by atoms with Gasteiger partial charge in [0.1, 0.15) is 0 Å². The molecule has 10 rings (SSSR count). The van der Waals surface area contributed by atoms with Gasteiger partial charge in [0.2, 0.25) is 0 Å². The van der Waals surface area contributed by atoms with Gasteiger partial charge in [-0.2, -0.15) is 0 Å². The Bertz CT molecular complexity index is 2960. The van der Waals surface area contributed by atoms with Crippen molar-refractivity contribution in [2.75, 3.05) is 4.90 Å². The van der Waals surface area contributed by atoms with Crippen molar-refractivity contribution >= 4 is 49.4 Å². The highest BCUT2D eigenvalue weighted by atomic mass is 15.1. The SMILES string of the molecule is Cc1ccc(N(c2ccc(-c3ccc4ccc5c6ccccc6ccc5c4c3)cc2)c2ccc3c(c2)C(C)(C)c2ccccc2-3)cc1C(C)(C)C1(C)C=CC=CC1. The van der Waals surface area contributed by atoms with Crippen LogP contribution < -0.4 is 4.90 Å². The maximum Gasteiger partial charge on any atom is 0.0465 e. The highest BCUT2D eigenvalue weighted by molar-refractivity contribution is 6.17. The molecule has 278 valence electrons. The van der Waals surface area contributed by atoms with Crippen molar-refractivity contribution in [2.45, 2.75) is 58.8 Å². The number of nitrogens with zero attached hydrogens (tertiary/aromatic N) is 1. The summed E-state index contributed by atoms with van der Waals surface area (Å²) in [6.45, 7) is 14.3. The summed E-state index contributed by atoms with van der Waals surface area (Å²) in [5.41, 5.74) is 13.9. The Balaban J connectivity index is 1.10. The first-order chi connectivity index (χ1) is 27.5. The van der Waals surface area contributed by atoms with E-state index in [2.05, 4.69) is 222 Å². The van der Waals surface area contributed by atoms with E-state index in [0.29, 0.717) is 0 Å². The van der Waals surface area contributed by atoms with Gasteiger partial charge in [0, 0.05) is 22.5 Å². The first-order valence-electron chi connectivity index (χ1n) is 20.5. The Morgan fingerprint density at radius 2 is 1.14 bits per heavy atom. The second-order valence-corrected chi connectivity index (χ2v) is 17.7. The molecule has 0 heterocycles. The molecule has 0 saturated carbocycles. The highest BCUT2D eigenvalue weighted by Gasteiger charge is 2.41. The van der Waals surface area contributed by atoms with Crippen LogP contribution in [0.2, 0.25) is 0 Å². The van der Waals surface area contributed by atoms with E-state index in [1.807, 2.05) is 0 Å². The van der Waals surface area contributed by atoms with Gasteiger partial charge in [-0.3, -0.25) is 0 Å². The fraction of sp³-hybridized carbons (Fsp3) is 0.179. The van der Waals surface area contributed by atoms with Gasteiger partial charge in [0.05, 0.1) is 0 Å². The summed E-state index contributed by atoms with van der Waals surface area (Å²) in [4.78, 5) is 2.47. The molecule has 1 nitrogen and oxygen atoms in total. The molecule has 0 saturated heterocycles. The molecule has 0 aliphatic heterocycles. The largest absolute Gasteiger partial charge is 0.310 e. The summed E-state index contributed by atoms with van der Waals surface area (Å²) in [6, 6.07) is 57.1. The van der Waals surface area contributed by atoms with Crippen LogP contribution in [0.15, 0.2) is 176 Å². The molecule has 1 atom stereocenters. The number of anilines is 3. The van der Waals surface area contributed by atoms with E-state index in [1.54, 1.807) is 0 Å². The van der Waals surface area contributed by atoms with Crippen molar-refractivity contribution in [1.29, 1.82) is 0 Å². The van der Waals surface area contributed by atoms with Crippen molar-refractivity contribution in [2.24, 2.45) is 5.41 Å². The summed E-state index contributed by atoms with van der Waals surface area (Å²) in [6.07, 6.45) is 10.2. The second kappa shape index (κ2) is 12.9. The molecule has 2 aliphatic rings. The van der Waals surface area contributed by atoms with Gasteiger partial charge >= 0.3 is 0 Å². The van der Waals surface area contributed by atoms with Crippen LogP contribution in [0.1, 0.15) is 63.3 Å². The number of fused-ring (bicyclic) bond motifs is 8. The lowest BCUT2D eigenvalue weighted by Gasteiger charge is -2.44. The van der Waals surface area contributed by atoms with Crippen LogP contribution in [0.25, 0.3) is 54.6 Å². The van der Waals surface area contributed by atoms with Crippen molar-refractivity contribution in [1.82, 2.24) is 0 Å². The zero-order valence-electron chi connectivity index (χ0n) is 33.9. The minimum atomic E-state index is -0.0992. The quantitative estimate of drug-likeness (QED) is 0.154. The molecule has 1 heteroatoms. The van der Waals surface area contributed by atoms with E-state index in [-0.39, 0.29) is 16.2 Å². The number of hydrogen-bond acceptors (Lipinski definition) is 1. The zero-order valence-corrected chi connectivity index (χ0v) is 33.9. The predicted octanol–water partition coefficient (Wildman–Crippen LogP) is 15.7. The molecular weight excluding hydrogens is 687 g/mol. The van der Waals surface area contributed by atoms with E-state index in [1.165, 1.54) is 88.2 Å². The van der Waals surface area contributed by atoms with Crippen LogP contribution in [-0.2, 0) is 10.8 Å². The molecule has 0 fully saturated rings. The Morgan fingerprint density at radius 1 is 0.509 bits per heavy atom. The number of rotatable bonds is 6. The first kappa shape index (κ1) is 35.2. The van der Waals surface area contributed by atoms with Crippen LogP contribution in [0, 0.1) is 12.3 Å².